The van der Waals surface area contributed by atoms with E-state index < -0.39 is 15.9 Å². The third-order valence-electron chi connectivity index (χ3n) is 3.81. The number of carbonyl (C=O) groups excluding carboxylic acids is 1. The molecule has 1 N–H and O–H groups in total. The maximum absolute atomic E-state index is 12.9. The molecule has 6 nitrogen and oxygen atoms in total. The van der Waals surface area contributed by atoms with Gasteiger partial charge in [0, 0.05) is 25.2 Å². The Morgan fingerprint density at radius 2 is 1.92 bits per heavy atom. The fourth-order valence-electron chi connectivity index (χ4n) is 2.41. The number of rotatable bonds is 7. The number of ether oxygens (including phenoxy) is 1. The monoisotopic (exact) mass is 396 g/mol. The summed E-state index contributed by atoms with van der Waals surface area (Å²) in [6.07, 6.45) is 0. The molecule has 0 saturated heterocycles. The summed E-state index contributed by atoms with van der Waals surface area (Å²) >= 11 is 6.11. The van der Waals surface area contributed by atoms with Crippen molar-refractivity contribution in [2.75, 3.05) is 20.7 Å². The Kier molecular flexibility index (Phi) is 6.63. The fraction of sp³-hybridized carbons (Fsp3) is 0.278. The van der Waals surface area contributed by atoms with E-state index in [1.807, 2.05) is 0 Å². The summed E-state index contributed by atoms with van der Waals surface area (Å²) in [5, 5.41) is 3.14. The van der Waals surface area contributed by atoms with E-state index in [1.54, 1.807) is 31.2 Å². The van der Waals surface area contributed by atoms with Crippen LogP contribution in [0.3, 0.4) is 0 Å². The van der Waals surface area contributed by atoms with E-state index in [4.69, 9.17) is 16.3 Å². The Balaban J connectivity index is 2.37. The number of sulfonamides is 1. The molecule has 1 amide bonds. The predicted octanol–water partition coefficient (Wildman–Crippen LogP) is 2.92. The first-order valence-corrected chi connectivity index (χ1v) is 9.79. The van der Waals surface area contributed by atoms with Crippen LogP contribution in [0.1, 0.15) is 22.8 Å². The third-order valence-corrected chi connectivity index (χ3v) is 5.98. The van der Waals surface area contributed by atoms with Gasteiger partial charge in [0.25, 0.3) is 5.91 Å². The van der Waals surface area contributed by atoms with Crippen LogP contribution in [0, 0.1) is 0 Å². The van der Waals surface area contributed by atoms with Crippen molar-refractivity contribution in [1.82, 2.24) is 9.62 Å². The lowest BCUT2D eigenvalue weighted by Gasteiger charge is -2.19. The van der Waals surface area contributed by atoms with Gasteiger partial charge in [-0.1, -0.05) is 29.8 Å². The first-order chi connectivity index (χ1) is 12.3. The summed E-state index contributed by atoms with van der Waals surface area (Å²) < 4.78 is 32.1. The van der Waals surface area contributed by atoms with Gasteiger partial charge < -0.3 is 10.1 Å². The standard InChI is InChI=1S/C18H21ClN2O4S/c1-4-20-18(22)15-11-14(9-10-17(15)25-3)26(23,24)21(2)12-13-7-5-6-8-16(13)19/h5-11H,4,12H2,1-3H3,(H,20,22). The van der Waals surface area contributed by atoms with Crippen LogP contribution in [0.25, 0.3) is 0 Å². The van der Waals surface area contributed by atoms with Crippen molar-refractivity contribution in [3.63, 3.8) is 0 Å². The van der Waals surface area contributed by atoms with E-state index in [1.165, 1.54) is 36.7 Å². The van der Waals surface area contributed by atoms with Gasteiger partial charge in [-0.2, -0.15) is 4.31 Å². The van der Waals surface area contributed by atoms with Crippen LogP contribution < -0.4 is 10.1 Å². The highest BCUT2D eigenvalue weighted by Crippen LogP contribution is 2.26. The molecule has 0 aliphatic rings. The smallest absolute Gasteiger partial charge is 0.255 e. The van der Waals surface area contributed by atoms with Crippen molar-refractivity contribution in [2.24, 2.45) is 0 Å². The second-order valence-corrected chi connectivity index (χ2v) is 8.03. The summed E-state index contributed by atoms with van der Waals surface area (Å²) in [5.74, 6) is -0.0844. The van der Waals surface area contributed by atoms with Crippen LogP contribution in [0.15, 0.2) is 47.4 Å². The molecule has 0 aliphatic carbocycles. The molecule has 26 heavy (non-hydrogen) atoms. The molecule has 0 aromatic heterocycles. The lowest BCUT2D eigenvalue weighted by Crippen LogP contribution is -2.28. The van der Waals surface area contributed by atoms with Crippen molar-refractivity contribution in [3.05, 3.63) is 58.6 Å². The van der Waals surface area contributed by atoms with Crippen molar-refractivity contribution in [2.45, 2.75) is 18.4 Å². The van der Waals surface area contributed by atoms with Crippen LogP contribution in [0.5, 0.6) is 5.75 Å². The van der Waals surface area contributed by atoms with Crippen LogP contribution in [-0.4, -0.2) is 39.3 Å². The van der Waals surface area contributed by atoms with Gasteiger partial charge in [-0.05, 0) is 36.8 Å². The molecule has 140 valence electrons. The van der Waals surface area contributed by atoms with Crippen molar-refractivity contribution in [1.29, 1.82) is 0 Å². The normalized spacial score (nSPS) is 11.4. The zero-order chi connectivity index (χ0) is 19.3. The Morgan fingerprint density at radius 1 is 1.23 bits per heavy atom. The molecule has 2 aromatic rings. The van der Waals surface area contributed by atoms with Gasteiger partial charge in [0.2, 0.25) is 10.0 Å². The number of hydrogen-bond acceptors (Lipinski definition) is 4. The first kappa shape index (κ1) is 20.2. The van der Waals surface area contributed by atoms with Gasteiger partial charge in [-0.3, -0.25) is 4.79 Å². The summed E-state index contributed by atoms with van der Waals surface area (Å²) in [6.45, 7) is 2.32. The van der Waals surface area contributed by atoms with Gasteiger partial charge in [-0.15, -0.1) is 0 Å². The maximum Gasteiger partial charge on any atom is 0.255 e. The van der Waals surface area contributed by atoms with Crippen LogP contribution in [-0.2, 0) is 16.6 Å². The Hall–Kier alpha value is -2.09. The Labute approximate surface area is 158 Å². The molecule has 8 heteroatoms. The topological polar surface area (TPSA) is 75.7 Å². The summed E-state index contributed by atoms with van der Waals surface area (Å²) in [7, 11) is -0.917. The second kappa shape index (κ2) is 8.53. The largest absolute Gasteiger partial charge is 0.496 e. The summed E-state index contributed by atoms with van der Waals surface area (Å²) in [5.41, 5.74) is 0.860. The molecule has 0 bridgehead atoms. The number of benzene rings is 2. The summed E-state index contributed by atoms with van der Waals surface area (Å²) in [6, 6.07) is 11.3. The maximum atomic E-state index is 12.9. The molecule has 0 saturated carbocycles. The van der Waals surface area contributed by atoms with Gasteiger partial charge >= 0.3 is 0 Å². The third kappa shape index (κ3) is 4.35. The minimum absolute atomic E-state index is 0.00843. The Bertz CT molecular complexity index is 900. The quantitative estimate of drug-likeness (QED) is 0.780. The number of halogens is 1. The molecule has 0 heterocycles. The zero-order valence-electron chi connectivity index (χ0n) is 14.8. The van der Waals surface area contributed by atoms with Gasteiger partial charge in [0.15, 0.2) is 0 Å². The van der Waals surface area contributed by atoms with Crippen LogP contribution >= 0.6 is 11.6 Å². The molecule has 0 aliphatic heterocycles. The zero-order valence-corrected chi connectivity index (χ0v) is 16.4. The number of hydrogen-bond donors (Lipinski definition) is 1. The van der Waals surface area contributed by atoms with E-state index in [-0.39, 0.29) is 17.0 Å². The highest BCUT2D eigenvalue weighted by Gasteiger charge is 2.24. The number of methoxy groups -OCH3 is 1. The lowest BCUT2D eigenvalue weighted by atomic mass is 10.2. The SMILES string of the molecule is CCNC(=O)c1cc(S(=O)(=O)N(C)Cc2ccccc2Cl)ccc1OC. The molecule has 2 aromatic carbocycles. The molecule has 0 fully saturated rings. The molecule has 0 radical (unpaired) electrons. The van der Waals surface area contributed by atoms with Gasteiger partial charge in [0.05, 0.1) is 17.6 Å². The van der Waals surface area contributed by atoms with Crippen molar-refractivity contribution in [3.8, 4) is 5.75 Å². The van der Waals surface area contributed by atoms with E-state index in [0.29, 0.717) is 22.9 Å². The van der Waals surface area contributed by atoms with Crippen LogP contribution in [0.2, 0.25) is 5.02 Å². The number of nitrogens with zero attached hydrogens (tertiary/aromatic N) is 1. The number of amides is 1. The van der Waals surface area contributed by atoms with Gasteiger partial charge in [0.1, 0.15) is 5.75 Å². The highest BCUT2D eigenvalue weighted by atomic mass is 35.5. The molecular weight excluding hydrogens is 376 g/mol. The molecule has 0 unspecified atom stereocenters. The van der Waals surface area contributed by atoms with E-state index >= 15 is 0 Å². The lowest BCUT2D eigenvalue weighted by molar-refractivity contribution is 0.0952. The summed E-state index contributed by atoms with van der Waals surface area (Å²) in [4.78, 5) is 12.2. The molecule has 2 rings (SSSR count). The van der Waals surface area contributed by atoms with Crippen LogP contribution in [0.4, 0.5) is 0 Å². The van der Waals surface area contributed by atoms with E-state index in [2.05, 4.69) is 5.32 Å². The predicted molar refractivity (Wildman–Crippen MR) is 101 cm³/mol. The first-order valence-electron chi connectivity index (χ1n) is 7.97. The van der Waals surface area contributed by atoms with Gasteiger partial charge in [-0.25, -0.2) is 8.42 Å². The van der Waals surface area contributed by atoms with E-state index in [9.17, 15) is 13.2 Å². The van der Waals surface area contributed by atoms with E-state index in [0.717, 1.165) is 0 Å². The fourth-order valence-corrected chi connectivity index (χ4v) is 3.78. The molecular formula is C18H21ClN2O4S. The Morgan fingerprint density at radius 3 is 2.54 bits per heavy atom. The highest BCUT2D eigenvalue weighted by molar-refractivity contribution is 7.89. The average molecular weight is 397 g/mol. The van der Waals surface area contributed by atoms with Crippen molar-refractivity contribution >= 4 is 27.5 Å². The second-order valence-electron chi connectivity index (χ2n) is 5.57. The minimum atomic E-state index is -3.81. The molecule has 0 atom stereocenters. The number of carbonyl (C=O) groups is 1. The molecule has 0 spiro atoms. The van der Waals surface area contributed by atoms with Crippen molar-refractivity contribution < 1.29 is 17.9 Å². The average Bonchev–Trinajstić information content (AvgIpc) is 2.63. The number of nitrogens with one attached hydrogen (secondary N) is 1. The minimum Gasteiger partial charge on any atom is -0.496 e.